The van der Waals surface area contributed by atoms with Gasteiger partial charge in [0, 0.05) is 5.56 Å². The maximum atomic E-state index is 13.5. The van der Waals surface area contributed by atoms with E-state index in [1.54, 1.807) is 0 Å². The summed E-state index contributed by atoms with van der Waals surface area (Å²) in [5, 5.41) is 0. The SMILES string of the molecule is O=C(c1ccccc1S(=O)(=O)[O-])c1c(F)cccc1F.[Na+]. The first-order valence-corrected chi connectivity index (χ1v) is 6.77. The van der Waals surface area contributed by atoms with Gasteiger partial charge in [0.25, 0.3) is 0 Å². The largest absolute Gasteiger partial charge is 1.00 e. The molecule has 4 nitrogen and oxygen atoms in total. The van der Waals surface area contributed by atoms with Gasteiger partial charge in [-0.25, -0.2) is 17.2 Å². The first-order valence-electron chi connectivity index (χ1n) is 5.36. The molecule has 0 saturated heterocycles. The number of hydrogen-bond acceptors (Lipinski definition) is 4. The summed E-state index contributed by atoms with van der Waals surface area (Å²) in [4.78, 5) is 11.3. The van der Waals surface area contributed by atoms with Gasteiger partial charge in [-0.15, -0.1) is 0 Å². The van der Waals surface area contributed by atoms with Gasteiger partial charge in [-0.2, -0.15) is 0 Å². The summed E-state index contributed by atoms with van der Waals surface area (Å²) in [5.41, 5.74) is -1.46. The van der Waals surface area contributed by atoms with Crippen LogP contribution < -0.4 is 29.6 Å². The number of halogens is 2. The average Bonchev–Trinajstić information content (AvgIpc) is 2.37. The number of ketones is 1. The van der Waals surface area contributed by atoms with Crippen molar-refractivity contribution in [1.82, 2.24) is 0 Å². The second kappa shape index (κ2) is 6.76. The van der Waals surface area contributed by atoms with Crippen molar-refractivity contribution in [3.8, 4) is 0 Å². The number of carbonyl (C=O) groups is 1. The van der Waals surface area contributed by atoms with Crippen LogP contribution in [-0.4, -0.2) is 18.8 Å². The second-order valence-electron chi connectivity index (χ2n) is 3.88. The van der Waals surface area contributed by atoms with E-state index < -0.39 is 43.6 Å². The summed E-state index contributed by atoms with van der Waals surface area (Å²) in [6.45, 7) is 0. The van der Waals surface area contributed by atoms with E-state index in [0.29, 0.717) is 0 Å². The van der Waals surface area contributed by atoms with Crippen molar-refractivity contribution >= 4 is 15.9 Å². The quantitative estimate of drug-likeness (QED) is 0.417. The molecule has 0 aliphatic heterocycles. The van der Waals surface area contributed by atoms with E-state index in [1.165, 1.54) is 12.1 Å². The van der Waals surface area contributed by atoms with Crippen LogP contribution in [0.5, 0.6) is 0 Å². The molecule has 0 bridgehead atoms. The Balaban J connectivity index is 0.00000220. The maximum absolute atomic E-state index is 13.5. The van der Waals surface area contributed by atoms with Crippen LogP contribution in [0.1, 0.15) is 15.9 Å². The fourth-order valence-electron chi connectivity index (χ4n) is 1.72. The maximum Gasteiger partial charge on any atom is 1.00 e. The molecule has 0 aromatic heterocycles. The van der Waals surface area contributed by atoms with Crippen molar-refractivity contribution in [1.29, 1.82) is 0 Å². The zero-order valence-corrected chi connectivity index (χ0v) is 13.7. The van der Waals surface area contributed by atoms with Gasteiger partial charge in [-0.3, -0.25) is 4.79 Å². The fourth-order valence-corrected chi connectivity index (χ4v) is 2.40. The predicted octanol–water partition coefficient (Wildman–Crippen LogP) is -0.896. The number of carbonyl (C=O) groups excluding carboxylic acids is 1. The summed E-state index contributed by atoms with van der Waals surface area (Å²) in [6, 6.07) is 7.26. The molecule has 2 rings (SSSR count). The van der Waals surface area contributed by atoms with Crippen LogP contribution in [0, 0.1) is 11.6 Å². The van der Waals surface area contributed by atoms with Crippen LogP contribution >= 0.6 is 0 Å². The van der Waals surface area contributed by atoms with Gasteiger partial charge in [0.2, 0.25) is 0 Å². The standard InChI is InChI=1S/C13H8F2O4S.Na/c14-9-5-3-6-10(15)12(9)13(16)8-4-1-2-7-11(8)20(17,18)19;/h1-7H,(H,17,18,19);/q;+1/p-1. The molecule has 0 saturated carbocycles. The Morgan fingerprint density at radius 3 is 2.00 bits per heavy atom. The van der Waals surface area contributed by atoms with E-state index in [2.05, 4.69) is 0 Å². The molecule has 21 heavy (non-hydrogen) atoms. The van der Waals surface area contributed by atoms with E-state index in [-0.39, 0.29) is 29.6 Å². The number of benzene rings is 2. The monoisotopic (exact) mass is 320 g/mol. The van der Waals surface area contributed by atoms with Crippen LogP contribution in [0.4, 0.5) is 8.78 Å². The van der Waals surface area contributed by atoms with Gasteiger partial charge in [-0.1, -0.05) is 18.2 Å². The summed E-state index contributed by atoms with van der Waals surface area (Å²) in [6.07, 6.45) is 0. The summed E-state index contributed by atoms with van der Waals surface area (Å²) < 4.78 is 60.2. The molecular formula is C13H7F2NaO4S. The van der Waals surface area contributed by atoms with Crippen molar-refractivity contribution in [2.45, 2.75) is 4.90 Å². The number of hydrogen-bond donors (Lipinski definition) is 0. The Morgan fingerprint density at radius 2 is 1.48 bits per heavy atom. The van der Waals surface area contributed by atoms with Crippen molar-refractivity contribution in [3.63, 3.8) is 0 Å². The van der Waals surface area contributed by atoms with Gasteiger partial charge in [0.05, 0.1) is 10.5 Å². The van der Waals surface area contributed by atoms with E-state index in [0.717, 1.165) is 30.3 Å². The van der Waals surface area contributed by atoms with Gasteiger partial charge >= 0.3 is 29.6 Å². The molecular weight excluding hydrogens is 313 g/mol. The first kappa shape index (κ1) is 17.9. The molecule has 0 atom stereocenters. The van der Waals surface area contributed by atoms with Gasteiger partial charge < -0.3 is 4.55 Å². The Labute approximate surface area is 141 Å². The van der Waals surface area contributed by atoms with Crippen LogP contribution in [-0.2, 0) is 10.1 Å². The molecule has 0 fully saturated rings. The van der Waals surface area contributed by atoms with E-state index in [1.807, 2.05) is 0 Å². The topological polar surface area (TPSA) is 74.3 Å². The summed E-state index contributed by atoms with van der Waals surface area (Å²) >= 11 is 0. The first-order chi connectivity index (χ1) is 9.32. The minimum Gasteiger partial charge on any atom is -0.744 e. The molecule has 2 aromatic carbocycles. The molecule has 0 unspecified atom stereocenters. The Morgan fingerprint density at radius 1 is 0.952 bits per heavy atom. The van der Waals surface area contributed by atoms with Crippen LogP contribution in [0.25, 0.3) is 0 Å². The molecule has 2 aromatic rings. The van der Waals surface area contributed by atoms with Crippen LogP contribution in [0.3, 0.4) is 0 Å². The molecule has 0 amide bonds. The normalized spacial score (nSPS) is 10.8. The van der Waals surface area contributed by atoms with Gasteiger partial charge in [0.1, 0.15) is 21.8 Å². The van der Waals surface area contributed by atoms with Gasteiger partial charge in [0.15, 0.2) is 5.78 Å². The molecule has 0 spiro atoms. The third-order valence-electron chi connectivity index (χ3n) is 2.59. The van der Waals surface area contributed by atoms with Crippen molar-refractivity contribution in [2.75, 3.05) is 0 Å². The van der Waals surface area contributed by atoms with Gasteiger partial charge in [-0.05, 0) is 24.3 Å². The molecule has 8 heteroatoms. The Hall–Kier alpha value is -1.12. The van der Waals surface area contributed by atoms with E-state index in [9.17, 15) is 26.5 Å². The van der Waals surface area contributed by atoms with Crippen molar-refractivity contribution in [3.05, 3.63) is 65.2 Å². The van der Waals surface area contributed by atoms with E-state index >= 15 is 0 Å². The zero-order valence-electron chi connectivity index (χ0n) is 10.8. The third-order valence-corrected chi connectivity index (χ3v) is 3.49. The summed E-state index contributed by atoms with van der Waals surface area (Å²) in [5.74, 6) is -3.46. The smallest absolute Gasteiger partial charge is 0.744 e. The Kier molecular flexibility index (Phi) is 5.77. The molecule has 0 N–H and O–H groups in total. The van der Waals surface area contributed by atoms with Crippen molar-refractivity contribution < 1.29 is 56.1 Å². The fraction of sp³-hybridized carbons (Fsp3) is 0. The molecule has 0 radical (unpaired) electrons. The predicted molar refractivity (Wildman–Crippen MR) is 64.2 cm³/mol. The Bertz CT molecular complexity index is 770. The van der Waals surface area contributed by atoms with Crippen molar-refractivity contribution in [2.24, 2.45) is 0 Å². The summed E-state index contributed by atoms with van der Waals surface area (Å²) in [7, 11) is -4.93. The minimum absolute atomic E-state index is 0. The van der Waals surface area contributed by atoms with Crippen LogP contribution in [0.2, 0.25) is 0 Å². The van der Waals surface area contributed by atoms with Crippen LogP contribution in [0.15, 0.2) is 47.4 Å². The zero-order chi connectivity index (χ0) is 14.9. The molecule has 0 heterocycles. The average molecular weight is 320 g/mol. The second-order valence-corrected chi connectivity index (χ2v) is 5.22. The number of rotatable bonds is 3. The van der Waals surface area contributed by atoms with E-state index in [4.69, 9.17) is 0 Å². The molecule has 0 aliphatic carbocycles. The molecule has 0 aliphatic rings. The molecule has 104 valence electrons. The minimum atomic E-state index is -4.93. The third kappa shape index (κ3) is 3.75.